The first-order valence-electron chi connectivity index (χ1n) is 9.25. The van der Waals surface area contributed by atoms with Crippen LogP contribution in [0.15, 0.2) is 36.9 Å². The highest BCUT2D eigenvalue weighted by molar-refractivity contribution is 5.76. The van der Waals surface area contributed by atoms with E-state index in [1.165, 1.54) is 11.9 Å². The van der Waals surface area contributed by atoms with Crippen LogP contribution in [0.4, 0.5) is 0 Å². The van der Waals surface area contributed by atoms with Gasteiger partial charge in [0.2, 0.25) is 5.91 Å². The van der Waals surface area contributed by atoms with Gasteiger partial charge in [-0.3, -0.25) is 9.48 Å². The summed E-state index contributed by atoms with van der Waals surface area (Å²) >= 11 is 0. The predicted molar refractivity (Wildman–Crippen MR) is 96.1 cm³/mol. The molecule has 0 saturated carbocycles. The second kappa shape index (κ2) is 6.81. The number of hydrogen-bond donors (Lipinski definition) is 2. The molecule has 7 heteroatoms. The number of aromatic nitrogens is 3. The van der Waals surface area contributed by atoms with E-state index in [4.69, 9.17) is 5.73 Å². The van der Waals surface area contributed by atoms with Crippen molar-refractivity contribution in [2.24, 2.45) is 5.73 Å². The number of aliphatic hydroxyl groups excluding tert-OH is 1. The van der Waals surface area contributed by atoms with Crippen LogP contribution in [0, 0.1) is 0 Å². The SMILES string of the molecule is N[C@H]1c2ccccc2C2(CCN(C(=O)CCCn3cncn3)CC2)[C@@H]1O. The second-order valence-corrected chi connectivity index (χ2v) is 7.36. The lowest BCUT2D eigenvalue weighted by atomic mass is 9.72. The van der Waals surface area contributed by atoms with Crippen LogP contribution < -0.4 is 5.73 Å². The first kappa shape index (κ1) is 17.2. The van der Waals surface area contributed by atoms with Crippen molar-refractivity contribution >= 4 is 5.91 Å². The molecule has 3 N–H and O–H groups in total. The average molecular weight is 355 g/mol. The Labute approximate surface area is 152 Å². The Morgan fingerprint density at radius 1 is 1.31 bits per heavy atom. The molecule has 0 bridgehead atoms. The van der Waals surface area contributed by atoms with E-state index in [-0.39, 0.29) is 17.4 Å². The summed E-state index contributed by atoms with van der Waals surface area (Å²) in [5, 5.41) is 14.9. The third-order valence-electron chi connectivity index (χ3n) is 6.02. The number of fused-ring (bicyclic) bond motifs is 2. The molecule has 1 aliphatic heterocycles. The van der Waals surface area contributed by atoms with E-state index in [0.29, 0.717) is 26.1 Å². The average Bonchev–Trinajstić information content (AvgIpc) is 3.26. The third-order valence-corrected chi connectivity index (χ3v) is 6.02. The number of amides is 1. The van der Waals surface area contributed by atoms with E-state index < -0.39 is 6.10 Å². The Hall–Kier alpha value is -2.25. The fourth-order valence-electron chi connectivity index (χ4n) is 4.53. The number of aryl methyl sites for hydroxylation is 1. The van der Waals surface area contributed by atoms with Gasteiger partial charge in [0.25, 0.3) is 0 Å². The second-order valence-electron chi connectivity index (χ2n) is 7.36. The number of nitrogens with two attached hydrogens (primary N) is 1. The van der Waals surface area contributed by atoms with Gasteiger partial charge in [-0.1, -0.05) is 24.3 Å². The predicted octanol–water partition coefficient (Wildman–Crippen LogP) is 0.993. The first-order chi connectivity index (χ1) is 12.6. The molecule has 1 aliphatic carbocycles. The molecule has 1 fully saturated rings. The maximum absolute atomic E-state index is 12.5. The molecule has 2 aromatic rings. The van der Waals surface area contributed by atoms with Crippen molar-refractivity contribution in [3.63, 3.8) is 0 Å². The smallest absolute Gasteiger partial charge is 0.222 e. The topological polar surface area (TPSA) is 97.3 Å². The van der Waals surface area contributed by atoms with Crippen molar-refractivity contribution in [2.45, 2.75) is 49.8 Å². The Kier molecular flexibility index (Phi) is 4.50. The molecule has 4 rings (SSSR count). The van der Waals surface area contributed by atoms with Crippen LogP contribution in [-0.4, -0.2) is 49.9 Å². The van der Waals surface area contributed by atoms with Crippen LogP contribution in [-0.2, 0) is 16.8 Å². The van der Waals surface area contributed by atoms with Crippen molar-refractivity contribution in [2.75, 3.05) is 13.1 Å². The van der Waals surface area contributed by atoms with E-state index in [0.717, 1.165) is 24.8 Å². The van der Waals surface area contributed by atoms with Gasteiger partial charge in [-0.2, -0.15) is 5.10 Å². The molecular formula is C19H25N5O2. The summed E-state index contributed by atoms with van der Waals surface area (Å²) in [5.74, 6) is 0.171. The lowest BCUT2D eigenvalue weighted by Crippen LogP contribution is -2.50. The standard InChI is InChI=1S/C19H25N5O2/c20-17-14-4-1-2-5-15(14)19(18(17)26)7-10-23(11-8-19)16(25)6-3-9-24-13-21-12-22-24/h1-2,4-5,12-13,17-18,26H,3,6-11,20H2/t17-,18+/m0/s1. The molecule has 2 atom stereocenters. The number of nitrogens with zero attached hydrogens (tertiary/aromatic N) is 4. The third kappa shape index (κ3) is 2.81. The van der Waals surface area contributed by atoms with Gasteiger partial charge in [-0.25, -0.2) is 4.98 Å². The van der Waals surface area contributed by atoms with Gasteiger partial charge in [-0.15, -0.1) is 0 Å². The number of hydrogen-bond acceptors (Lipinski definition) is 5. The quantitative estimate of drug-likeness (QED) is 0.852. The minimum atomic E-state index is -0.579. The van der Waals surface area contributed by atoms with Gasteiger partial charge >= 0.3 is 0 Å². The summed E-state index contributed by atoms with van der Waals surface area (Å²) in [7, 11) is 0. The Morgan fingerprint density at radius 3 is 2.81 bits per heavy atom. The van der Waals surface area contributed by atoms with Gasteiger partial charge < -0.3 is 15.7 Å². The summed E-state index contributed by atoms with van der Waals surface area (Å²) in [6, 6.07) is 7.74. The van der Waals surface area contributed by atoms with Gasteiger partial charge in [-0.05, 0) is 30.4 Å². The lowest BCUT2D eigenvalue weighted by Gasteiger charge is -2.42. The molecule has 2 aliphatic rings. The summed E-state index contributed by atoms with van der Waals surface area (Å²) in [4.78, 5) is 18.3. The largest absolute Gasteiger partial charge is 0.390 e. The summed E-state index contributed by atoms with van der Waals surface area (Å²) < 4.78 is 1.74. The normalized spacial score (nSPS) is 24.0. The molecule has 0 unspecified atom stereocenters. The van der Waals surface area contributed by atoms with E-state index in [1.54, 1.807) is 11.0 Å². The first-order valence-corrected chi connectivity index (χ1v) is 9.25. The minimum Gasteiger partial charge on any atom is -0.390 e. The van der Waals surface area contributed by atoms with Crippen LogP contribution in [0.5, 0.6) is 0 Å². The van der Waals surface area contributed by atoms with Crippen LogP contribution in [0.1, 0.15) is 42.9 Å². The number of likely N-dealkylation sites (tertiary alicyclic amines) is 1. The Bertz CT molecular complexity index is 768. The molecule has 1 amide bonds. The molecule has 1 spiro atoms. The molecule has 7 nitrogen and oxygen atoms in total. The maximum Gasteiger partial charge on any atom is 0.222 e. The van der Waals surface area contributed by atoms with E-state index in [1.807, 2.05) is 23.1 Å². The fourth-order valence-corrected chi connectivity index (χ4v) is 4.53. The van der Waals surface area contributed by atoms with Gasteiger partial charge in [0.1, 0.15) is 12.7 Å². The zero-order valence-electron chi connectivity index (χ0n) is 14.8. The van der Waals surface area contributed by atoms with Crippen LogP contribution in [0.25, 0.3) is 0 Å². The summed E-state index contributed by atoms with van der Waals surface area (Å²) in [6.07, 6.45) is 5.36. The van der Waals surface area contributed by atoms with Gasteiger partial charge in [0.05, 0.1) is 12.1 Å². The van der Waals surface area contributed by atoms with Crippen molar-refractivity contribution in [3.05, 3.63) is 48.0 Å². The Balaban J connectivity index is 1.37. The lowest BCUT2D eigenvalue weighted by molar-refractivity contribution is -0.133. The molecule has 1 aromatic heterocycles. The maximum atomic E-state index is 12.5. The highest BCUT2D eigenvalue weighted by Crippen LogP contribution is 2.50. The number of piperidine rings is 1. The zero-order valence-corrected chi connectivity index (χ0v) is 14.8. The van der Waals surface area contributed by atoms with Crippen molar-refractivity contribution in [1.29, 1.82) is 0 Å². The van der Waals surface area contributed by atoms with Gasteiger partial charge in [0, 0.05) is 31.5 Å². The number of benzene rings is 1. The molecule has 138 valence electrons. The van der Waals surface area contributed by atoms with Crippen molar-refractivity contribution in [3.8, 4) is 0 Å². The summed E-state index contributed by atoms with van der Waals surface area (Å²) in [6.45, 7) is 2.03. The highest BCUT2D eigenvalue weighted by atomic mass is 16.3. The minimum absolute atomic E-state index is 0.171. The number of aliphatic hydroxyl groups is 1. The Morgan fingerprint density at radius 2 is 2.08 bits per heavy atom. The number of carbonyl (C=O) groups excluding carboxylic acids is 1. The van der Waals surface area contributed by atoms with Gasteiger partial charge in [0.15, 0.2) is 0 Å². The van der Waals surface area contributed by atoms with Crippen LogP contribution in [0.2, 0.25) is 0 Å². The van der Waals surface area contributed by atoms with E-state index in [2.05, 4.69) is 16.1 Å². The van der Waals surface area contributed by atoms with Crippen LogP contribution in [0.3, 0.4) is 0 Å². The van der Waals surface area contributed by atoms with Crippen molar-refractivity contribution < 1.29 is 9.90 Å². The number of carbonyl (C=O) groups is 1. The fraction of sp³-hybridized carbons (Fsp3) is 0.526. The molecule has 2 heterocycles. The number of rotatable bonds is 4. The molecular weight excluding hydrogens is 330 g/mol. The monoisotopic (exact) mass is 355 g/mol. The molecule has 26 heavy (non-hydrogen) atoms. The van der Waals surface area contributed by atoms with E-state index >= 15 is 0 Å². The van der Waals surface area contributed by atoms with Crippen molar-refractivity contribution in [1.82, 2.24) is 19.7 Å². The molecule has 1 aromatic carbocycles. The molecule has 1 saturated heterocycles. The van der Waals surface area contributed by atoms with Crippen LogP contribution >= 0.6 is 0 Å². The summed E-state index contributed by atoms with van der Waals surface area (Å²) in [5.41, 5.74) is 8.16. The zero-order chi connectivity index (χ0) is 18.1. The van der Waals surface area contributed by atoms with E-state index in [9.17, 15) is 9.90 Å². The molecule has 0 radical (unpaired) electrons. The highest BCUT2D eigenvalue weighted by Gasteiger charge is 2.51.